The van der Waals surface area contributed by atoms with Gasteiger partial charge in [-0.25, -0.2) is 0 Å². The minimum Gasteiger partial charge on any atom is -0.508 e. The molecule has 0 aliphatic rings. The maximum atomic E-state index is 9.75. The first kappa shape index (κ1) is 11.0. The molecule has 14 heavy (non-hydrogen) atoms. The van der Waals surface area contributed by atoms with Crippen molar-refractivity contribution in [2.24, 2.45) is 0 Å². The second-order valence-electron chi connectivity index (χ2n) is 2.84. The topological polar surface area (TPSA) is 58.9 Å². The monoisotopic (exact) mass is 198 g/mol. The van der Waals surface area contributed by atoms with E-state index in [1.54, 1.807) is 18.2 Å². The molecule has 0 fully saturated rings. The zero-order valence-electron chi connectivity index (χ0n) is 8.18. The molecule has 4 nitrogen and oxygen atoms in total. The molecule has 1 unspecified atom stereocenters. The molecule has 1 aromatic rings. The lowest BCUT2D eigenvalue weighted by atomic mass is 10.1. The van der Waals surface area contributed by atoms with E-state index in [0.717, 1.165) is 0 Å². The smallest absolute Gasteiger partial charge is 0.187 e. The first-order valence-corrected chi connectivity index (χ1v) is 4.22. The van der Waals surface area contributed by atoms with Gasteiger partial charge in [-0.3, -0.25) is 0 Å². The van der Waals surface area contributed by atoms with Gasteiger partial charge in [0.15, 0.2) is 6.29 Å². The van der Waals surface area contributed by atoms with Crippen LogP contribution in [0.2, 0.25) is 0 Å². The number of rotatable bonds is 4. The van der Waals surface area contributed by atoms with Crippen molar-refractivity contribution in [1.29, 1.82) is 0 Å². The van der Waals surface area contributed by atoms with E-state index in [1.165, 1.54) is 20.3 Å². The number of benzene rings is 1. The second-order valence-corrected chi connectivity index (χ2v) is 2.84. The molecule has 0 saturated carbocycles. The van der Waals surface area contributed by atoms with Crippen molar-refractivity contribution in [3.63, 3.8) is 0 Å². The normalized spacial score (nSPS) is 13.1. The first-order chi connectivity index (χ1) is 6.70. The molecule has 0 aromatic heterocycles. The van der Waals surface area contributed by atoms with Crippen LogP contribution in [0.4, 0.5) is 0 Å². The summed E-state index contributed by atoms with van der Waals surface area (Å²) in [6, 6.07) is 6.52. The van der Waals surface area contributed by atoms with Crippen LogP contribution >= 0.6 is 0 Å². The maximum absolute atomic E-state index is 9.75. The fraction of sp³-hybridized carbons (Fsp3) is 0.400. The lowest BCUT2D eigenvalue weighted by Crippen LogP contribution is -2.22. The molecule has 2 N–H and O–H groups in total. The Hall–Kier alpha value is -1.10. The number of methoxy groups -OCH3 is 2. The summed E-state index contributed by atoms with van der Waals surface area (Å²) < 4.78 is 9.77. The third-order valence-corrected chi connectivity index (χ3v) is 1.98. The van der Waals surface area contributed by atoms with Crippen molar-refractivity contribution in [3.8, 4) is 5.75 Å². The Morgan fingerprint density at radius 1 is 1.14 bits per heavy atom. The first-order valence-electron chi connectivity index (χ1n) is 4.22. The third kappa shape index (κ3) is 2.23. The fourth-order valence-electron chi connectivity index (χ4n) is 1.24. The van der Waals surface area contributed by atoms with E-state index >= 15 is 0 Å². The summed E-state index contributed by atoms with van der Waals surface area (Å²) in [6.07, 6.45) is -1.77. The van der Waals surface area contributed by atoms with Gasteiger partial charge in [-0.1, -0.05) is 18.2 Å². The van der Waals surface area contributed by atoms with Crippen molar-refractivity contribution in [1.82, 2.24) is 0 Å². The fourth-order valence-corrected chi connectivity index (χ4v) is 1.24. The molecular weight excluding hydrogens is 184 g/mol. The number of ether oxygens (including phenoxy) is 2. The summed E-state index contributed by atoms with van der Waals surface area (Å²) in [6.45, 7) is 0. The van der Waals surface area contributed by atoms with Crippen molar-refractivity contribution in [3.05, 3.63) is 29.8 Å². The predicted octanol–water partition coefficient (Wildman–Crippen LogP) is 1.04. The highest BCUT2D eigenvalue weighted by atomic mass is 16.7. The SMILES string of the molecule is COC(OC)C(O)c1ccccc1O. The van der Waals surface area contributed by atoms with Crippen LogP contribution in [0, 0.1) is 0 Å². The molecule has 0 aliphatic carbocycles. The number of hydrogen-bond acceptors (Lipinski definition) is 4. The molecule has 0 radical (unpaired) electrons. The van der Waals surface area contributed by atoms with Crippen LogP contribution in [-0.4, -0.2) is 30.7 Å². The summed E-state index contributed by atoms with van der Waals surface area (Å²) in [5, 5.41) is 19.2. The van der Waals surface area contributed by atoms with Gasteiger partial charge in [0.1, 0.15) is 11.9 Å². The molecule has 0 saturated heterocycles. The van der Waals surface area contributed by atoms with E-state index in [-0.39, 0.29) is 5.75 Å². The number of aliphatic hydroxyl groups excluding tert-OH is 1. The Morgan fingerprint density at radius 3 is 2.21 bits per heavy atom. The highest BCUT2D eigenvalue weighted by molar-refractivity contribution is 5.33. The third-order valence-electron chi connectivity index (χ3n) is 1.98. The van der Waals surface area contributed by atoms with Crippen molar-refractivity contribution in [2.45, 2.75) is 12.4 Å². The lowest BCUT2D eigenvalue weighted by molar-refractivity contribution is -0.166. The number of phenolic OH excluding ortho intramolecular Hbond substituents is 1. The quantitative estimate of drug-likeness (QED) is 0.710. The van der Waals surface area contributed by atoms with Gasteiger partial charge in [-0.05, 0) is 6.07 Å². The predicted molar refractivity (Wildman–Crippen MR) is 50.9 cm³/mol. The van der Waals surface area contributed by atoms with Crippen molar-refractivity contribution < 1.29 is 19.7 Å². The molecule has 0 spiro atoms. The van der Waals surface area contributed by atoms with Gasteiger partial charge in [-0.2, -0.15) is 0 Å². The van der Waals surface area contributed by atoms with Gasteiger partial charge in [-0.15, -0.1) is 0 Å². The Balaban J connectivity index is 2.88. The zero-order valence-corrected chi connectivity index (χ0v) is 8.18. The van der Waals surface area contributed by atoms with Gasteiger partial charge in [0.05, 0.1) is 0 Å². The Kier molecular flexibility index (Phi) is 3.88. The van der Waals surface area contributed by atoms with Gasteiger partial charge in [0.2, 0.25) is 0 Å². The van der Waals surface area contributed by atoms with Crippen LogP contribution in [-0.2, 0) is 9.47 Å². The molecule has 1 atom stereocenters. The minimum absolute atomic E-state index is 0.0269. The summed E-state index contributed by atoms with van der Waals surface area (Å²) in [4.78, 5) is 0. The second kappa shape index (κ2) is 4.95. The van der Waals surface area contributed by atoms with Gasteiger partial charge < -0.3 is 19.7 Å². The largest absolute Gasteiger partial charge is 0.508 e. The molecular formula is C10H14O4. The number of aliphatic hydroxyl groups is 1. The van der Waals surface area contributed by atoms with Crippen molar-refractivity contribution in [2.75, 3.05) is 14.2 Å². The molecule has 1 aromatic carbocycles. The highest BCUT2D eigenvalue weighted by Crippen LogP contribution is 2.27. The van der Waals surface area contributed by atoms with Crippen LogP contribution in [0.25, 0.3) is 0 Å². The van der Waals surface area contributed by atoms with E-state index in [4.69, 9.17) is 9.47 Å². The van der Waals surface area contributed by atoms with E-state index in [2.05, 4.69) is 0 Å². The van der Waals surface area contributed by atoms with Crippen LogP contribution in [0.3, 0.4) is 0 Å². The number of aromatic hydroxyl groups is 1. The van der Waals surface area contributed by atoms with E-state index in [0.29, 0.717) is 5.56 Å². The Morgan fingerprint density at radius 2 is 1.71 bits per heavy atom. The molecule has 0 aliphatic heterocycles. The molecule has 1 rings (SSSR count). The molecule has 4 heteroatoms. The maximum Gasteiger partial charge on any atom is 0.187 e. The average Bonchev–Trinajstić information content (AvgIpc) is 2.20. The molecule has 78 valence electrons. The molecule has 0 amide bonds. The Bertz CT molecular complexity index is 283. The van der Waals surface area contributed by atoms with Crippen LogP contribution in [0.15, 0.2) is 24.3 Å². The number of para-hydroxylation sites is 1. The minimum atomic E-state index is -0.994. The zero-order chi connectivity index (χ0) is 10.6. The standard InChI is InChI=1S/C10H14O4/c1-13-10(14-2)9(12)7-5-3-4-6-8(7)11/h3-6,9-12H,1-2H3. The van der Waals surface area contributed by atoms with E-state index in [9.17, 15) is 10.2 Å². The lowest BCUT2D eigenvalue weighted by Gasteiger charge is -2.20. The van der Waals surface area contributed by atoms with Crippen LogP contribution in [0.5, 0.6) is 5.75 Å². The van der Waals surface area contributed by atoms with Crippen LogP contribution < -0.4 is 0 Å². The summed E-state index contributed by atoms with van der Waals surface area (Å²) in [7, 11) is 2.86. The number of phenols is 1. The molecule has 0 bridgehead atoms. The van der Waals surface area contributed by atoms with Crippen molar-refractivity contribution >= 4 is 0 Å². The van der Waals surface area contributed by atoms with E-state index in [1.807, 2.05) is 0 Å². The highest BCUT2D eigenvalue weighted by Gasteiger charge is 2.22. The van der Waals surface area contributed by atoms with E-state index < -0.39 is 12.4 Å². The summed E-state index contributed by atoms with van der Waals surface area (Å²) >= 11 is 0. The summed E-state index contributed by atoms with van der Waals surface area (Å²) in [5.74, 6) is 0.0269. The van der Waals surface area contributed by atoms with Crippen LogP contribution in [0.1, 0.15) is 11.7 Å². The number of hydrogen-bond donors (Lipinski definition) is 2. The van der Waals surface area contributed by atoms with Gasteiger partial charge in [0.25, 0.3) is 0 Å². The average molecular weight is 198 g/mol. The summed E-state index contributed by atoms with van der Waals surface area (Å²) in [5.41, 5.74) is 0.390. The van der Waals surface area contributed by atoms with Gasteiger partial charge in [0, 0.05) is 19.8 Å². The Labute approximate surface area is 82.7 Å². The van der Waals surface area contributed by atoms with Gasteiger partial charge >= 0.3 is 0 Å². The molecule has 0 heterocycles.